The molecule has 2 aliphatic heterocycles. The second kappa shape index (κ2) is 6.65. The molecule has 19 heavy (non-hydrogen) atoms. The van der Waals surface area contributed by atoms with Crippen LogP contribution in [0.4, 0.5) is 0 Å². The third-order valence-electron chi connectivity index (χ3n) is 3.14. The second-order valence-electron chi connectivity index (χ2n) is 5.28. The van der Waals surface area contributed by atoms with Crippen LogP contribution in [-0.2, 0) is 23.7 Å². The molecule has 2 saturated heterocycles. The van der Waals surface area contributed by atoms with Crippen LogP contribution in [0, 0.1) is 0 Å². The molecule has 6 heteroatoms. The number of rotatable bonds is 5. The van der Waals surface area contributed by atoms with Gasteiger partial charge in [-0.15, -0.1) is 0 Å². The van der Waals surface area contributed by atoms with Gasteiger partial charge in [0.15, 0.2) is 18.2 Å². The molecular formula is C13H23NO5. The first-order chi connectivity index (χ1) is 9.07. The van der Waals surface area contributed by atoms with E-state index in [4.69, 9.17) is 18.9 Å². The number of hydrogen-bond acceptors (Lipinski definition) is 5. The molecule has 0 saturated carbocycles. The molecule has 110 valence electrons. The van der Waals surface area contributed by atoms with Crippen LogP contribution in [0.1, 0.15) is 33.1 Å². The number of carbonyl (C=O) groups excluding carboxylic acids is 1. The zero-order chi connectivity index (χ0) is 13.7. The van der Waals surface area contributed by atoms with Crippen molar-refractivity contribution < 1.29 is 23.7 Å². The molecule has 0 aromatic heterocycles. The van der Waals surface area contributed by atoms with Crippen molar-refractivity contribution in [2.24, 2.45) is 0 Å². The first kappa shape index (κ1) is 14.7. The van der Waals surface area contributed by atoms with Crippen molar-refractivity contribution >= 4 is 5.91 Å². The fourth-order valence-corrected chi connectivity index (χ4v) is 2.14. The lowest BCUT2D eigenvalue weighted by atomic mass is 10.2. The van der Waals surface area contributed by atoms with Crippen LogP contribution in [0.5, 0.6) is 0 Å². The Bertz CT molecular complexity index is 301. The van der Waals surface area contributed by atoms with Gasteiger partial charge in [0.25, 0.3) is 5.91 Å². The molecular weight excluding hydrogens is 250 g/mol. The summed E-state index contributed by atoms with van der Waals surface area (Å²) < 4.78 is 21.8. The standard InChI is InChI=1S/C13H23NO5/c1-13(2)18-9-10(19-13)12(15)14-6-8-17-11-5-3-4-7-16-11/h10-11H,3-9H2,1-2H3,(H,14,15). The van der Waals surface area contributed by atoms with Crippen LogP contribution in [0.15, 0.2) is 0 Å². The lowest BCUT2D eigenvalue weighted by Gasteiger charge is -2.22. The van der Waals surface area contributed by atoms with Gasteiger partial charge in [0.2, 0.25) is 0 Å². The van der Waals surface area contributed by atoms with E-state index in [0.717, 1.165) is 25.9 Å². The van der Waals surface area contributed by atoms with Crippen molar-refractivity contribution in [3.05, 3.63) is 0 Å². The van der Waals surface area contributed by atoms with Gasteiger partial charge in [-0.05, 0) is 33.1 Å². The molecule has 6 nitrogen and oxygen atoms in total. The summed E-state index contributed by atoms with van der Waals surface area (Å²) in [7, 11) is 0. The van der Waals surface area contributed by atoms with Crippen LogP contribution < -0.4 is 5.32 Å². The normalized spacial score (nSPS) is 30.2. The number of carbonyl (C=O) groups is 1. The smallest absolute Gasteiger partial charge is 0.251 e. The van der Waals surface area contributed by atoms with Crippen LogP contribution in [0.25, 0.3) is 0 Å². The van der Waals surface area contributed by atoms with Crippen molar-refractivity contribution in [1.82, 2.24) is 5.32 Å². The predicted octanol–water partition coefficient (Wildman–Crippen LogP) is 0.797. The van der Waals surface area contributed by atoms with E-state index in [9.17, 15) is 4.79 Å². The molecule has 0 aromatic carbocycles. The van der Waals surface area contributed by atoms with Gasteiger partial charge < -0.3 is 24.3 Å². The fourth-order valence-electron chi connectivity index (χ4n) is 2.14. The lowest BCUT2D eigenvalue weighted by molar-refractivity contribution is -0.163. The van der Waals surface area contributed by atoms with Gasteiger partial charge in [-0.1, -0.05) is 0 Å². The van der Waals surface area contributed by atoms with E-state index in [0.29, 0.717) is 19.8 Å². The first-order valence-corrected chi connectivity index (χ1v) is 6.89. The molecule has 2 atom stereocenters. The average molecular weight is 273 g/mol. The van der Waals surface area contributed by atoms with Gasteiger partial charge in [0.1, 0.15) is 0 Å². The van der Waals surface area contributed by atoms with Crippen LogP contribution in [0.2, 0.25) is 0 Å². The van der Waals surface area contributed by atoms with Crippen molar-refractivity contribution in [3.63, 3.8) is 0 Å². The van der Waals surface area contributed by atoms with E-state index in [2.05, 4.69) is 5.32 Å². The molecule has 2 aliphatic rings. The van der Waals surface area contributed by atoms with E-state index in [1.807, 2.05) is 0 Å². The van der Waals surface area contributed by atoms with Crippen molar-refractivity contribution in [1.29, 1.82) is 0 Å². The van der Waals surface area contributed by atoms with Crippen molar-refractivity contribution in [3.8, 4) is 0 Å². The lowest BCUT2D eigenvalue weighted by Crippen LogP contribution is -2.39. The highest BCUT2D eigenvalue weighted by Crippen LogP contribution is 2.22. The molecule has 2 fully saturated rings. The number of amides is 1. The molecule has 0 aliphatic carbocycles. The molecule has 2 heterocycles. The van der Waals surface area contributed by atoms with E-state index in [1.54, 1.807) is 13.8 Å². The number of hydrogen-bond donors (Lipinski definition) is 1. The van der Waals surface area contributed by atoms with Gasteiger partial charge in [-0.3, -0.25) is 4.79 Å². The zero-order valence-electron chi connectivity index (χ0n) is 11.6. The quantitative estimate of drug-likeness (QED) is 0.750. The third-order valence-corrected chi connectivity index (χ3v) is 3.14. The Kier molecular flexibility index (Phi) is 5.15. The molecule has 0 bridgehead atoms. The number of nitrogens with one attached hydrogen (secondary N) is 1. The molecule has 0 spiro atoms. The summed E-state index contributed by atoms with van der Waals surface area (Å²) in [6.07, 6.45) is 2.53. The Morgan fingerprint density at radius 1 is 1.42 bits per heavy atom. The highest BCUT2D eigenvalue weighted by atomic mass is 16.7. The Hall–Kier alpha value is -0.690. The van der Waals surface area contributed by atoms with Gasteiger partial charge in [-0.2, -0.15) is 0 Å². The second-order valence-corrected chi connectivity index (χ2v) is 5.28. The summed E-state index contributed by atoms with van der Waals surface area (Å²) in [5.41, 5.74) is 0. The maximum Gasteiger partial charge on any atom is 0.251 e. The van der Waals surface area contributed by atoms with Gasteiger partial charge in [0, 0.05) is 13.2 Å². The van der Waals surface area contributed by atoms with Gasteiger partial charge in [-0.25, -0.2) is 0 Å². The van der Waals surface area contributed by atoms with Crippen LogP contribution in [0.3, 0.4) is 0 Å². The largest absolute Gasteiger partial charge is 0.353 e. The maximum atomic E-state index is 11.8. The Morgan fingerprint density at radius 3 is 2.89 bits per heavy atom. The monoisotopic (exact) mass is 273 g/mol. The van der Waals surface area contributed by atoms with Crippen molar-refractivity contribution in [2.45, 2.75) is 51.3 Å². The van der Waals surface area contributed by atoms with E-state index < -0.39 is 11.9 Å². The summed E-state index contributed by atoms with van der Waals surface area (Å²) in [5, 5.41) is 2.78. The fraction of sp³-hybridized carbons (Fsp3) is 0.923. The topological polar surface area (TPSA) is 66.0 Å². The summed E-state index contributed by atoms with van der Waals surface area (Å²) in [6, 6.07) is 0. The van der Waals surface area contributed by atoms with E-state index in [1.165, 1.54) is 0 Å². The maximum absolute atomic E-state index is 11.8. The van der Waals surface area contributed by atoms with E-state index >= 15 is 0 Å². The Morgan fingerprint density at radius 2 is 2.26 bits per heavy atom. The minimum atomic E-state index is -0.672. The molecule has 1 amide bonds. The summed E-state index contributed by atoms with van der Waals surface area (Å²) in [6.45, 7) is 5.56. The summed E-state index contributed by atoms with van der Waals surface area (Å²) >= 11 is 0. The molecule has 1 N–H and O–H groups in total. The molecule has 2 unspecified atom stereocenters. The highest BCUT2D eigenvalue weighted by Gasteiger charge is 2.36. The third kappa shape index (κ3) is 4.72. The SMILES string of the molecule is CC1(C)OCC(C(=O)NCCOC2CCCCO2)O1. The summed E-state index contributed by atoms with van der Waals surface area (Å²) in [5.74, 6) is -0.826. The molecule has 2 rings (SSSR count). The van der Waals surface area contributed by atoms with Crippen molar-refractivity contribution in [2.75, 3.05) is 26.4 Å². The Balaban J connectivity index is 1.56. The minimum Gasteiger partial charge on any atom is -0.353 e. The number of ether oxygens (including phenoxy) is 4. The average Bonchev–Trinajstić information content (AvgIpc) is 2.76. The summed E-state index contributed by atoms with van der Waals surface area (Å²) in [4.78, 5) is 11.8. The molecule has 0 radical (unpaired) electrons. The van der Waals surface area contributed by atoms with Gasteiger partial charge >= 0.3 is 0 Å². The van der Waals surface area contributed by atoms with Crippen LogP contribution in [-0.4, -0.2) is 50.5 Å². The first-order valence-electron chi connectivity index (χ1n) is 6.89. The zero-order valence-corrected chi connectivity index (χ0v) is 11.6. The van der Waals surface area contributed by atoms with Gasteiger partial charge in [0.05, 0.1) is 13.2 Å². The predicted molar refractivity (Wildman–Crippen MR) is 67.5 cm³/mol. The molecule has 0 aromatic rings. The van der Waals surface area contributed by atoms with E-state index in [-0.39, 0.29) is 12.2 Å². The highest BCUT2D eigenvalue weighted by molar-refractivity contribution is 5.81. The minimum absolute atomic E-state index is 0.115. The Labute approximate surface area is 113 Å². The van der Waals surface area contributed by atoms with Crippen LogP contribution >= 0.6 is 0 Å².